The number of likely N-dealkylation sites (N-methyl/N-ethyl adjacent to an activating group) is 1. The van der Waals surface area contributed by atoms with E-state index in [1.807, 2.05) is 19.1 Å². The number of carbonyl (C=O) groups is 1. The standard InChI is InChI=1S/C23H21FN3O3P/c1-12-6-15-14(8-20(12)31)21-17(25-22(15)28)10-30-11-19(21)26(2)23(29)13-7-18-16(24)4-3-5-27(18)9-13/h3-9,19H,10-11,31H2,1-2H3,(H,25,28). The van der Waals surface area contributed by atoms with Crippen LogP contribution in [0.1, 0.15) is 33.2 Å². The van der Waals surface area contributed by atoms with Crippen molar-refractivity contribution in [2.24, 2.45) is 0 Å². The monoisotopic (exact) mass is 437 g/mol. The maximum Gasteiger partial charge on any atom is 0.256 e. The second kappa shape index (κ2) is 7.29. The molecular formula is C23H21FN3O3P. The van der Waals surface area contributed by atoms with Gasteiger partial charge >= 0.3 is 0 Å². The molecule has 158 valence electrons. The Kier molecular flexibility index (Phi) is 4.68. The van der Waals surface area contributed by atoms with Gasteiger partial charge in [-0.05, 0) is 53.5 Å². The summed E-state index contributed by atoms with van der Waals surface area (Å²) in [5, 5.41) is 2.40. The molecule has 31 heavy (non-hydrogen) atoms. The lowest BCUT2D eigenvalue weighted by atomic mass is 9.94. The first-order chi connectivity index (χ1) is 14.8. The molecule has 0 radical (unpaired) electrons. The van der Waals surface area contributed by atoms with Gasteiger partial charge in [0.1, 0.15) is 5.82 Å². The third kappa shape index (κ3) is 3.16. The van der Waals surface area contributed by atoms with E-state index in [0.717, 1.165) is 21.8 Å². The third-order valence-corrected chi connectivity index (χ3v) is 6.63. The van der Waals surface area contributed by atoms with Crippen molar-refractivity contribution >= 4 is 36.7 Å². The summed E-state index contributed by atoms with van der Waals surface area (Å²) in [7, 11) is 4.40. The molecule has 0 aliphatic carbocycles. The van der Waals surface area contributed by atoms with Gasteiger partial charge in [-0.3, -0.25) is 9.59 Å². The molecule has 4 heterocycles. The van der Waals surface area contributed by atoms with Crippen LogP contribution in [0, 0.1) is 12.7 Å². The minimum Gasteiger partial charge on any atom is -0.373 e. The smallest absolute Gasteiger partial charge is 0.256 e. The normalized spacial score (nSPS) is 15.9. The average Bonchev–Trinajstić information content (AvgIpc) is 3.19. The second-order valence-electron chi connectivity index (χ2n) is 7.93. The highest BCUT2D eigenvalue weighted by molar-refractivity contribution is 7.27. The number of benzene rings is 1. The number of nitrogens with zero attached hydrogens (tertiary/aromatic N) is 2. The fourth-order valence-corrected chi connectivity index (χ4v) is 4.54. The quantitative estimate of drug-likeness (QED) is 0.490. The molecule has 8 heteroatoms. The van der Waals surface area contributed by atoms with Gasteiger partial charge in [-0.15, -0.1) is 9.24 Å². The second-order valence-corrected chi connectivity index (χ2v) is 8.55. The molecule has 2 atom stereocenters. The van der Waals surface area contributed by atoms with Crippen molar-refractivity contribution in [3.05, 3.63) is 81.3 Å². The largest absolute Gasteiger partial charge is 0.373 e. The van der Waals surface area contributed by atoms with Crippen LogP contribution in [-0.4, -0.2) is 33.8 Å². The van der Waals surface area contributed by atoms with E-state index in [9.17, 15) is 14.0 Å². The van der Waals surface area contributed by atoms with Crippen LogP contribution in [0.5, 0.6) is 0 Å². The number of carbonyl (C=O) groups excluding carboxylic acids is 1. The number of rotatable bonds is 2. The fourth-order valence-electron chi connectivity index (χ4n) is 4.29. The van der Waals surface area contributed by atoms with Crippen molar-refractivity contribution in [1.29, 1.82) is 0 Å². The number of pyridine rings is 2. The summed E-state index contributed by atoms with van der Waals surface area (Å²) < 4.78 is 21.4. The molecule has 4 aromatic rings. The zero-order chi connectivity index (χ0) is 21.9. The molecule has 6 nitrogen and oxygen atoms in total. The Balaban J connectivity index is 1.62. The number of hydrogen-bond acceptors (Lipinski definition) is 3. The summed E-state index contributed by atoms with van der Waals surface area (Å²) in [6, 6.07) is 7.96. The van der Waals surface area contributed by atoms with Crippen molar-refractivity contribution in [1.82, 2.24) is 14.3 Å². The van der Waals surface area contributed by atoms with Gasteiger partial charge in [0, 0.05) is 36.1 Å². The number of amides is 1. The van der Waals surface area contributed by atoms with Crippen LogP contribution in [0.4, 0.5) is 4.39 Å². The SMILES string of the molecule is Cc1cc2c(=O)[nH]c3c(c2cc1P)C(N(C)C(=O)c1cc2c(F)cccn2c1)COC3. The number of ether oxygens (including phenoxy) is 1. The lowest BCUT2D eigenvalue weighted by Gasteiger charge is -2.33. The van der Waals surface area contributed by atoms with Crippen molar-refractivity contribution in [3.63, 3.8) is 0 Å². The Morgan fingerprint density at radius 2 is 2.13 bits per heavy atom. The Labute approximate surface area is 179 Å². The van der Waals surface area contributed by atoms with Gasteiger partial charge < -0.3 is 19.0 Å². The summed E-state index contributed by atoms with van der Waals surface area (Å²) >= 11 is 0. The number of hydrogen-bond donors (Lipinski definition) is 1. The first-order valence-corrected chi connectivity index (χ1v) is 10.5. The van der Waals surface area contributed by atoms with Crippen molar-refractivity contribution in [3.8, 4) is 0 Å². The summed E-state index contributed by atoms with van der Waals surface area (Å²) in [5.74, 6) is -0.635. The molecule has 1 aromatic carbocycles. The van der Waals surface area contributed by atoms with Crippen LogP contribution in [-0.2, 0) is 11.3 Å². The molecule has 1 N–H and O–H groups in total. The van der Waals surface area contributed by atoms with E-state index in [4.69, 9.17) is 4.74 Å². The van der Waals surface area contributed by atoms with Crippen molar-refractivity contribution in [2.75, 3.05) is 13.7 Å². The van der Waals surface area contributed by atoms with Gasteiger partial charge in [-0.2, -0.15) is 0 Å². The summed E-state index contributed by atoms with van der Waals surface area (Å²) in [5.41, 5.74) is 3.12. The highest BCUT2D eigenvalue weighted by Gasteiger charge is 2.31. The third-order valence-electron chi connectivity index (χ3n) is 6.00. The Morgan fingerprint density at radius 3 is 2.90 bits per heavy atom. The first-order valence-electron chi connectivity index (χ1n) is 9.91. The molecule has 0 spiro atoms. The highest BCUT2D eigenvalue weighted by atomic mass is 31.0. The molecule has 5 rings (SSSR count). The van der Waals surface area contributed by atoms with E-state index in [0.29, 0.717) is 28.8 Å². The number of halogens is 1. The van der Waals surface area contributed by atoms with E-state index in [1.165, 1.54) is 6.07 Å². The molecule has 1 aliphatic heterocycles. The molecular weight excluding hydrogens is 416 g/mol. The van der Waals surface area contributed by atoms with Crippen LogP contribution in [0.3, 0.4) is 0 Å². The molecule has 0 saturated heterocycles. The lowest BCUT2D eigenvalue weighted by molar-refractivity contribution is 0.0336. The number of aryl methyl sites for hydroxylation is 1. The van der Waals surface area contributed by atoms with E-state index < -0.39 is 6.04 Å². The van der Waals surface area contributed by atoms with Gasteiger partial charge in [0.15, 0.2) is 0 Å². The number of aromatic amines is 1. The van der Waals surface area contributed by atoms with E-state index >= 15 is 0 Å². The van der Waals surface area contributed by atoms with Gasteiger partial charge in [-0.1, -0.05) is 0 Å². The molecule has 0 fully saturated rings. The Hall–Kier alpha value is -3.02. The van der Waals surface area contributed by atoms with Crippen LogP contribution in [0.2, 0.25) is 0 Å². The zero-order valence-corrected chi connectivity index (χ0v) is 18.3. The average molecular weight is 437 g/mol. The maximum absolute atomic E-state index is 14.1. The molecule has 3 aromatic heterocycles. The Bertz CT molecular complexity index is 1430. The molecule has 1 amide bonds. The fraction of sp³-hybridized carbons (Fsp3) is 0.217. The number of H-pyrrole nitrogens is 1. The van der Waals surface area contributed by atoms with Gasteiger partial charge in [0.25, 0.3) is 11.5 Å². The highest BCUT2D eigenvalue weighted by Crippen LogP contribution is 2.34. The Morgan fingerprint density at radius 1 is 1.32 bits per heavy atom. The minimum atomic E-state index is -0.393. The van der Waals surface area contributed by atoms with E-state index in [1.54, 1.807) is 40.9 Å². The van der Waals surface area contributed by atoms with Gasteiger partial charge in [0.05, 0.1) is 30.3 Å². The number of fused-ring (bicyclic) bond motifs is 4. The maximum atomic E-state index is 14.1. The lowest BCUT2D eigenvalue weighted by Crippen LogP contribution is -2.37. The van der Waals surface area contributed by atoms with Gasteiger partial charge in [-0.25, -0.2) is 4.39 Å². The van der Waals surface area contributed by atoms with Gasteiger partial charge in [0.2, 0.25) is 0 Å². The minimum absolute atomic E-state index is 0.172. The zero-order valence-electron chi connectivity index (χ0n) is 17.1. The summed E-state index contributed by atoms with van der Waals surface area (Å²) in [4.78, 5) is 30.5. The summed E-state index contributed by atoms with van der Waals surface area (Å²) in [6.07, 6.45) is 3.33. The predicted octanol–water partition coefficient (Wildman–Crippen LogP) is 3.07. The van der Waals surface area contributed by atoms with Crippen LogP contribution < -0.4 is 10.9 Å². The van der Waals surface area contributed by atoms with Crippen LogP contribution in [0.25, 0.3) is 16.3 Å². The molecule has 0 bridgehead atoms. The van der Waals surface area contributed by atoms with Crippen molar-refractivity contribution < 1.29 is 13.9 Å². The van der Waals surface area contributed by atoms with E-state index in [-0.39, 0.29) is 23.9 Å². The molecule has 2 unspecified atom stereocenters. The molecule has 1 aliphatic rings. The van der Waals surface area contributed by atoms with E-state index in [2.05, 4.69) is 14.2 Å². The summed E-state index contributed by atoms with van der Waals surface area (Å²) in [6.45, 7) is 2.53. The van der Waals surface area contributed by atoms with Crippen LogP contribution in [0.15, 0.2) is 47.5 Å². The topological polar surface area (TPSA) is 66.8 Å². The first kappa shape index (κ1) is 19.9. The number of aromatic nitrogens is 2. The van der Waals surface area contributed by atoms with Crippen LogP contribution >= 0.6 is 9.24 Å². The van der Waals surface area contributed by atoms with Crippen molar-refractivity contribution in [2.45, 2.75) is 19.6 Å². The number of nitrogens with one attached hydrogen (secondary N) is 1. The molecule has 0 saturated carbocycles. The predicted molar refractivity (Wildman–Crippen MR) is 120 cm³/mol.